The van der Waals surface area contributed by atoms with Gasteiger partial charge in [0.05, 0.1) is 17.7 Å². The molecule has 2 heterocycles. The Morgan fingerprint density at radius 1 is 1.00 bits per heavy atom. The largest absolute Gasteiger partial charge is 0.322 e. The van der Waals surface area contributed by atoms with Gasteiger partial charge in [-0.2, -0.15) is 0 Å². The van der Waals surface area contributed by atoms with E-state index in [1.54, 1.807) is 36.7 Å². The summed E-state index contributed by atoms with van der Waals surface area (Å²) >= 11 is 2.16. The summed E-state index contributed by atoms with van der Waals surface area (Å²) in [5.74, 6) is -1.11. The van der Waals surface area contributed by atoms with E-state index < -0.39 is 5.91 Å². The second-order valence-corrected chi connectivity index (χ2v) is 7.53. The second-order valence-electron chi connectivity index (χ2n) is 6.28. The summed E-state index contributed by atoms with van der Waals surface area (Å²) in [4.78, 5) is 43.1. The number of nitrogens with one attached hydrogen (secondary N) is 1. The Morgan fingerprint density at radius 2 is 1.82 bits per heavy atom. The van der Waals surface area contributed by atoms with Crippen molar-refractivity contribution >= 4 is 46.0 Å². The fourth-order valence-corrected chi connectivity index (χ4v) is 3.56. The second kappa shape index (κ2) is 7.51. The molecule has 0 aliphatic carbocycles. The topological polar surface area (TPSA) is 79.4 Å². The van der Waals surface area contributed by atoms with E-state index >= 15 is 0 Å². The molecule has 0 radical (unpaired) electrons. The summed E-state index contributed by atoms with van der Waals surface area (Å²) in [5.41, 5.74) is 2.29. The number of fused-ring (bicyclic) bond motifs is 1. The van der Waals surface area contributed by atoms with Gasteiger partial charge in [-0.3, -0.25) is 24.3 Å². The fourth-order valence-electron chi connectivity index (χ4n) is 3.02. The van der Waals surface area contributed by atoms with Crippen molar-refractivity contribution in [3.63, 3.8) is 0 Å². The first kappa shape index (κ1) is 18.3. The average molecular weight is 483 g/mol. The third kappa shape index (κ3) is 3.53. The molecule has 4 rings (SSSR count). The van der Waals surface area contributed by atoms with Crippen LogP contribution in [0.15, 0.2) is 67.0 Å². The van der Waals surface area contributed by atoms with Crippen LogP contribution in [0, 0.1) is 3.57 Å². The quantitative estimate of drug-likeness (QED) is 0.453. The number of anilines is 1. The van der Waals surface area contributed by atoms with Crippen LogP contribution in [0.4, 0.5) is 5.69 Å². The Kier molecular flexibility index (Phi) is 4.91. The van der Waals surface area contributed by atoms with Gasteiger partial charge in [-0.05, 0) is 70.6 Å². The number of halogens is 1. The summed E-state index contributed by atoms with van der Waals surface area (Å²) < 4.78 is 0.996. The molecular formula is C21H14IN3O3. The Hall–Kier alpha value is -3.07. The summed E-state index contributed by atoms with van der Waals surface area (Å²) in [6, 6.07) is 15.5. The zero-order valence-corrected chi connectivity index (χ0v) is 16.7. The number of amides is 3. The third-order valence-corrected chi connectivity index (χ3v) is 5.05. The van der Waals surface area contributed by atoms with Crippen molar-refractivity contribution in [2.24, 2.45) is 0 Å². The van der Waals surface area contributed by atoms with E-state index in [4.69, 9.17) is 0 Å². The van der Waals surface area contributed by atoms with Crippen molar-refractivity contribution in [2.45, 2.75) is 6.54 Å². The van der Waals surface area contributed by atoms with Crippen molar-refractivity contribution in [2.75, 3.05) is 5.32 Å². The Bertz CT molecular complexity index is 1100. The number of rotatable bonds is 4. The molecule has 0 saturated carbocycles. The van der Waals surface area contributed by atoms with Gasteiger partial charge in [-0.1, -0.05) is 12.1 Å². The molecule has 0 unspecified atom stereocenters. The van der Waals surface area contributed by atoms with Crippen LogP contribution in [0.1, 0.15) is 36.6 Å². The normalized spacial score (nSPS) is 12.8. The number of hydrogen-bond donors (Lipinski definition) is 1. The van der Waals surface area contributed by atoms with E-state index in [1.165, 1.54) is 17.0 Å². The molecule has 0 spiro atoms. The molecule has 7 heteroatoms. The van der Waals surface area contributed by atoms with Crippen LogP contribution < -0.4 is 5.32 Å². The van der Waals surface area contributed by atoms with E-state index in [0.29, 0.717) is 16.8 Å². The zero-order chi connectivity index (χ0) is 19.7. The van der Waals surface area contributed by atoms with Gasteiger partial charge in [-0.25, -0.2) is 0 Å². The third-order valence-electron chi connectivity index (χ3n) is 4.38. The molecule has 0 fully saturated rings. The smallest absolute Gasteiger partial charge is 0.261 e. The lowest BCUT2D eigenvalue weighted by atomic mass is 10.1. The summed E-state index contributed by atoms with van der Waals surface area (Å²) in [5, 5.41) is 2.81. The molecule has 2 aromatic carbocycles. The molecule has 3 amide bonds. The lowest BCUT2D eigenvalue weighted by Gasteiger charge is -2.13. The number of imide groups is 1. The number of nitrogens with zero attached hydrogens (tertiary/aromatic N) is 2. The van der Waals surface area contributed by atoms with Crippen molar-refractivity contribution in [1.29, 1.82) is 0 Å². The molecule has 1 aliphatic rings. The predicted octanol–water partition coefficient (Wildman–Crippen LogP) is 3.73. The molecule has 1 aliphatic heterocycles. The van der Waals surface area contributed by atoms with Crippen LogP contribution in [0.25, 0.3) is 0 Å². The fraction of sp³-hybridized carbons (Fsp3) is 0.0476. The van der Waals surface area contributed by atoms with Crippen molar-refractivity contribution in [3.8, 4) is 0 Å². The molecule has 1 aromatic heterocycles. The van der Waals surface area contributed by atoms with Gasteiger partial charge in [0.1, 0.15) is 0 Å². The minimum Gasteiger partial charge on any atom is -0.322 e. The van der Waals surface area contributed by atoms with Crippen molar-refractivity contribution < 1.29 is 14.4 Å². The van der Waals surface area contributed by atoms with E-state index in [1.807, 2.05) is 18.2 Å². The summed E-state index contributed by atoms with van der Waals surface area (Å²) in [7, 11) is 0. The van der Waals surface area contributed by atoms with Gasteiger partial charge in [0.15, 0.2) is 0 Å². The van der Waals surface area contributed by atoms with Gasteiger partial charge in [0.25, 0.3) is 17.7 Å². The molecule has 6 nitrogen and oxygen atoms in total. The highest BCUT2D eigenvalue weighted by molar-refractivity contribution is 14.1. The highest BCUT2D eigenvalue weighted by Crippen LogP contribution is 2.26. The summed E-state index contributed by atoms with van der Waals surface area (Å²) in [6.45, 7) is 0.143. The molecule has 0 atom stereocenters. The van der Waals surface area contributed by atoms with Crippen LogP contribution in [-0.4, -0.2) is 27.6 Å². The molecular weight excluding hydrogens is 469 g/mol. The maximum absolute atomic E-state index is 12.7. The maximum atomic E-state index is 12.7. The van der Waals surface area contributed by atoms with Crippen molar-refractivity contribution in [1.82, 2.24) is 9.88 Å². The SMILES string of the molecule is O=C(Nc1cccc(I)c1)c1ccc2c(c1)C(=O)N(Cc1cccnc1)C2=O. The van der Waals surface area contributed by atoms with Crippen LogP contribution in [0.3, 0.4) is 0 Å². The first-order chi connectivity index (χ1) is 13.5. The molecule has 1 N–H and O–H groups in total. The number of carbonyl (C=O) groups is 3. The number of aromatic nitrogens is 1. The van der Waals surface area contributed by atoms with Gasteiger partial charge < -0.3 is 5.32 Å². The molecule has 0 bridgehead atoms. The number of hydrogen-bond acceptors (Lipinski definition) is 4. The Labute approximate surface area is 174 Å². The van der Waals surface area contributed by atoms with Gasteiger partial charge in [0.2, 0.25) is 0 Å². The van der Waals surface area contributed by atoms with E-state index in [0.717, 1.165) is 9.13 Å². The average Bonchev–Trinajstić information content (AvgIpc) is 2.93. The maximum Gasteiger partial charge on any atom is 0.261 e. The van der Waals surface area contributed by atoms with Crippen LogP contribution >= 0.6 is 22.6 Å². The molecule has 3 aromatic rings. The van der Waals surface area contributed by atoms with Crippen LogP contribution in [0.2, 0.25) is 0 Å². The highest BCUT2D eigenvalue weighted by Gasteiger charge is 2.36. The zero-order valence-electron chi connectivity index (χ0n) is 14.6. The lowest BCUT2D eigenvalue weighted by Crippen LogP contribution is -2.29. The van der Waals surface area contributed by atoms with Crippen LogP contribution in [0.5, 0.6) is 0 Å². The molecule has 0 saturated heterocycles. The van der Waals surface area contributed by atoms with Crippen molar-refractivity contribution in [3.05, 3.63) is 92.8 Å². The van der Waals surface area contributed by atoms with E-state index in [9.17, 15) is 14.4 Å². The molecule has 138 valence electrons. The lowest BCUT2D eigenvalue weighted by molar-refractivity contribution is 0.0642. The standard InChI is InChI=1S/C21H14IN3O3/c22-15-4-1-5-16(10-15)24-19(26)14-6-7-17-18(9-14)21(28)25(20(17)27)12-13-3-2-8-23-11-13/h1-11H,12H2,(H,24,26). The van der Waals surface area contributed by atoms with E-state index in [2.05, 4.69) is 32.9 Å². The van der Waals surface area contributed by atoms with Gasteiger partial charge >= 0.3 is 0 Å². The Balaban J connectivity index is 1.57. The van der Waals surface area contributed by atoms with Gasteiger partial charge in [-0.15, -0.1) is 0 Å². The molecule has 28 heavy (non-hydrogen) atoms. The number of carbonyl (C=O) groups excluding carboxylic acids is 3. The predicted molar refractivity (Wildman–Crippen MR) is 112 cm³/mol. The number of pyridine rings is 1. The van der Waals surface area contributed by atoms with E-state index in [-0.39, 0.29) is 23.9 Å². The monoisotopic (exact) mass is 483 g/mol. The van der Waals surface area contributed by atoms with Crippen LogP contribution in [-0.2, 0) is 6.54 Å². The summed E-state index contributed by atoms with van der Waals surface area (Å²) in [6.07, 6.45) is 3.24. The Morgan fingerprint density at radius 3 is 2.57 bits per heavy atom. The highest BCUT2D eigenvalue weighted by atomic mass is 127. The minimum atomic E-state index is -0.409. The van der Waals surface area contributed by atoms with Gasteiger partial charge in [0, 0.05) is 27.2 Å². The minimum absolute atomic E-state index is 0.143. The first-order valence-corrected chi connectivity index (χ1v) is 9.57. The first-order valence-electron chi connectivity index (χ1n) is 8.49. The number of benzene rings is 2.